The van der Waals surface area contributed by atoms with Crippen LogP contribution in [0.15, 0.2) is 47.0 Å². The van der Waals surface area contributed by atoms with Crippen LogP contribution in [-0.2, 0) is 16.1 Å². The molecule has 2 amide bonds. The second-order valence-corrected chi connectivity index (χ2v) is 9.67. The van der Waals surface area contributed by atoms with Gasteiger partial charge in [-0.1, -0.05) is 35.0 Å². The topological polar surface area (TPSA) is 91.6 Å². The van der Waals surface area contributed by atoms with Gasteiger partial charge < -0.3 is 14.7 Å². The van der Waals surface area contributed by atoms with Crippen LogP contribution in [0.4, 0.5) is 11.4 Å². The molecule has 0 bridgehead atoms. The van der Waals surface area contributed by atoms with Crippen LogP contribution in [0.1, 0.15) is 37.1 Å². The van der Waals surface area contributed by atoms with Gasteiger partial charge in [-0.25, -0.2) is 0 Å². The highest BCUT2D eigenvalue weighted by molar-refractivity contribution is 6.30. The Morgan fingerprint density at radius 3 is 2.89 bits per heavy atom. The van der Waals surface area contributed by atoms with E-state index in [4.69, 9.17) is 16.1 Å². The summed E-state index contributed by atoms with van der Waals surface area (Å²) < 4.78 is 5.46. The predicted molar refractivity (Wildman–Crippen MR) is 134 cm³/mol. The first kappa shape index (κ1) is 23.5. The van der Waals surface area contributed by atoms with E-state index in [-0.39, 0.29) is 17.7 Å². The molecule has 1 aromatic heterocycles. The van der Waals surface area contributed by atoms with Crippen molar-refractivity contribution in [2.45, 2.75) is 39.2 Å². The van der Waals surface area contributed by atoms with E-state index in [0.29, 0.717) is 36.2 Å². The number of carbonyl (C=O) groups is 2. The fourth-order valence-electron chi connectivity index (χ4n) is 4.79. The normalized spacial score (nSPS) is 18.7. The van der Waals surface area contributed by atoms with Gasteiger partial charge in [0.1, 0.15) is 0 Å². The molecule has 2 saturated heterocycles. The summed E-state index contributed by atoms with van der Waals surface area (Å²) in [4.78, 5) is 33.8. The van der Waals surface area contributed by atoms with Gasteiger partial charge in [-0.15, -0.1) is 0 Å². The van der Waals surface area contributed by atoms with Crippen LogP contribution in [0.5, 0.6) is 0 Å². The smallest absolute Gasteiger partial charge is 0.241 e. The molecule has 3 heterocycles. The Balaban J connectivity index is 1.21. The molecule has 2 aliphatic rings. The number of benzene rings is 2. The highest BCUT2D eigenvalue weighted by Gasteiger charge is 2.28. The Hall–Kier alpha value is -3.23. The van der Waals surface area contributed by atoms with Crippen molar-refractivity contribution < 1.29 is 14.1 Å². The maximum atomic E-state index is 13.1. The largest absolute Gasteiger partial charge is 0.338 e. The lowest BCUT2D eigenvalue weighted by Gasteiger charge is -2.31. The number of hydrogen-bond donors (Lipinski definition) is 1. The summed E-state index contributed by atoms with van der Waals surface area (Å²) in [6, 6.07) is 13.1. The summed E-state index contributed by atoms with van der Waals surface area (Å²) in [6.07, 6.45) is 3.18. The molecule has 2 aliphatic heterocycles. The van der Waals surface area contributed by atoms with Crippen molar-refractivity contribution in [3.63, 3.8) is 0 Å². The summed E-state index contributed by atoms with van der Waals surface area (Å²) in [5.74, 6) is 0.999. The van der Waals surface area contributed by atoms with Gasteiger partial charge in [-0.2, -0.15) is 4.98 Å². The van der Waals surface area contributed by atoms with Crippen molar-refractivity contribution in [1.29, 1.82) is 0 Å². The molecule has 0 saturated carbocycles. The van der Waals surface area contributed by atoms with Crippen molar-refractivity contribution in [3.8, 4) is 11.4 Å². The molecule has 0 aliphatic carbocycles. The Morgan fingerprint density at radius 2 is 2.09 bits per heavy atom. The molecule has 0 spiro atoms. The zero-order valence-corrected chi connectivity index (χ0v) is 20.4. The lowest BCUT2D eigenvalue weighted by molar-refractivity contribution is -0.121. The number of amides is 2. The summed E-state index contributed by atoms with van der Waals surface area (Å²) in [6.45, 7) is 4.68. The van der Waals surface area contributed by atoms with E-state index < -0.39 is 0 Å². The molecule has 3 aromatic rings. The number of carbonyl (C=O) groups excluding carboxylic acids is 2. The third kappa shape index (κ3) is 5.39. The zero-order chi connectivity index (χ0) is 24.4. The molecule has 9 heteroatoms. The average molecular weight is 494 g/mol. The molecule has 0 radical (unpaired) electrons. The number of aromatic nitrogens is 2. The van der Waals surface area contributed by atoms with Crippen LogP contribution >= 0.6 is 11.6 Å². The number of piperidine rings is 1. The third-order valence-corrected chi connectivity index (χ3v) is 6.86. The number of rotatable bonds is 6. The third-order valence-electron chi connectivity index (χ3n) is 6.63. The first-order chi connectivity index (χ1) is 17.0. The summed E-state index contributed by atoms with van der Waals surface area (Å²) >= 11 is 6.07. The van der Waals surface area contributed by atoms with E-state index >= 15 is 0 Å². The Labute approximate surface area is 209 Å². The summed E-state index contributed by atoms with van der Waals surface area (Å²) in [5.41, 5.74) is 3.42. The molecular weight excluding hydrogens is 466 g/mol. The highest BCUT2D eigenvalue weighted by atomic mass is 35.5. The van der Waals surface area contributed by atoms with E-state index in [1.165, 1.54) is 0 Å². The zero-order valence-electron chi connectivity index (χ0n) is 19.7. The molecule has 5 rings (SSSR count). The van der Waals surface area contributed by atoms with E-state index in [2.05, 4.69) is 20.4 Å². The number of likely N-dealkylation sites (tertiary alicyclic amines) is 1. The highest BCUT2D eigenvalue weighted by Crippen LogP contribution is 2.29. The van der Waals surface area contributed by atoms with Crippen LogP contribution in [0.25, 0.3) is 11.4 Å². The van der Waals surface area contributed by atoms with Crippen molar-refractivity contribution in [2.24, 2.45) is 5.92 Å². The Morgan fingerprint density at radius 1 is 1.20 bits per heavy atom. The van der Waals surface area contributed by atoms with Gasteiger partial charge in [0, 0.05) is 41.5 Å². The van der Waals surface area contributed by atoms with Crippen LogP contribution in [0, 0.1) is 12.8 Å². The Kier molecular flexibility index (Phi) is 6.83. The summed E-state index contributed by atoms with van der Waals surface area (Å²) in [5, 5.41) is 7.76. The first-order valence-electron chi connectivity index (χ1n) is 12.0. The van der Waals surface area contributed by atoms with Crippen molar-refractivity contribution in [2.75, 3.05) is 29.9 Å². The number of anilines is 2. The van der Waals surface area contributed by atoms with E-state index in [1.54, 1.807) is 12.1 Å². The lowest BCUT2D eigenvalue weighted by Crippen LogP contribution is -2.40. The van der Waals surface area contributed by atoms with E-state index in [0.717, 1.165) is 54.9 Å². The standard InChI is InChI=1S/C26H28ClN5O3/c1-17-9-10-21(14-22(17)32-12-4-8-24(32)33)28-26(34)19-6-3-11-31(15-19)16-23-29-25(30-35-23)18-5-2-7-20(27)13-18/h2,5,7,9-10,13-14,19H,3-4,6,8,11-12,15-16H2,1H3,(H,28,34). The monoisotopic (exact) mass is 493 g/mol. The van der Waals surface area contributed by atoms with Crippen LogP contribution in [0.3, 0.4) is 0 Å². The Bertz CT molecular complexity index is 1240. The van der Waals surface area contributed by atoms with Crippen LogP contribution < -0.4 is 10.2 Å². The average Bonchev–Trinajstić information content (AvgIpc) is 3.49. The summed E-state index contributed by atoms with van der Waals surface area (Å²) in [7, 11) is 0. The number of nitrogens with one attached hydrogen (secondary N) is 1. The molecule has 1 unspecified atom stereocenters. The van der Waals surface area contributed by atoms with Crippen LogP contribution in [0.2, 0.25) is 5.02 Å². The lowest BCUT2D eigenvalue weighted by atomic mass is 9.97. The molecule has 8 nitrogen and oxygen atoms in total. The maximum absolute atomic E-state index is 13.1. The minimum Gasteiger partial charge on any atom is -0.338 e. The van der Waals surface area contributed by atoms with E-state index in [1.807, 2.05) is 42.2 Å². The second-order valence-electron chi connectivity index (χ2n) is 9.24. The predicted octanol–water partition coefficient (Wildman–Crippen LogP) is 4.68. The van der Waals surface area contributed by atoms with Gasteiger partial charge in [0.2, 0.25) is 23.5 Å². The van der Waals surface area contributed by atoms with Crippen molar-refractivity contribution >= 4 is 34.8 Å². The second kappa shape index (κ2) is 10.2. The van der Waals surface area contributed by atoms with Crippen molar-refractivity contribution in [3.05, 3.63) is 58.9 Å². The fraction of sp³-hybridized carbons (Fsp3) is 0.385. The molecule has 2 aromatic carbocycles. The SMILES string of the molecule is Cc1ccc(NC(=O)C2CCCN(Cc3nc(-c4cccc(Cl)c4)no3)C2)cc1N1CCCC1=O. The first-order valence-corrected chi connectivity index (χ1v) is 12.4. The number of aryl methyl sites for hydroxylation is 1. The van der Waals surface area contributed by atoms with Gasteiger partial charge in [0.05, 0.1) is 12.5 Å². The minimum atomic E-state index is -0.141. The molecule has 35 heavy (non-hydrogen) atoms. The number of hydrogen-bond acceptors (Lipinski definition) is 6. The van der Waals surface area contributed by atoms with Crippen molar-refractivity contribution in [1.82, 2.24) is 15.0 Å². The van der Waals surface area contributed by atoms with Gasteiger partial charge in [-0.05, 0) is 62.6 Å². The quantitative estimate of drug-likeness (QED) is 0.536. The van der Waals surface area contributed by atoms with Gasteiger partial charge in [0.25, 0.3) is 0 Å². The molecule has 2 fully saturated rings. The number of nitrogens with zero attached hydrogens (tertiary/aromatic N) is 4. The molecule has 1 N–H and O–H groups in total. The van der Waals surface area contributed by atoms with Gasteiger partial charge in [0.15, 0.2) is 0 Å². The van der Waals surface area contributed by atoms with Gasteiger partial charge in [-0.3, -0.25) is 14.5 Å². The van der Waals surface area contributed by atoms with Gasteiger partial charge >= 0.3 is 0 Å². The maximum Gasteiger partial charge on any atom is 0.241 e. The fourth-order valence-corrected chi connectivity index (χ4v) is 4.98. The number of halogens is 1. The molecule has 1 atom stereocenters. The van der Waals surface area contributed by atoms with Crippen LogP contribution in [-0.4, -0.2) is 46.5 Å². The molecule has 182 valence electrons. The minimum absolute atomic E-state index is 0.0117. The van der Waals surface area contributed by atoms with E-state index in [9.17, 15) is 9.59 Å². The molecular formula is C26H28ClN5O3.